The molecule has 172 valence electrons. The summed E-state index contributed by atoms with van der Waals surface area (Å²) in [6, 6.07) is 12.7. The predicted octanol–water partition coefficient (Wildman–Crippen LogP) is 2.97. The van der Waals surface area contributed by atoms with Crippen molar-refractivity contribution < 1.29 is 28.6 Å². The standard InChI is InChI=1S/C24H30N2O6/c1-4-32-24(29)21(26-23(28)18-10-14-20(31-3)15-11-18)7-5-6-16-25-22(27)17-8-12-19(30-2)13-9-17/h8-15,21H,4-7,16H2,1-3H3,(H,25,27)(H,26,28)/t21-/m0/s1. The number of carbonyl (C=O) groups is 3. The number of unbranched alkanes of at least 4 members (excludes halogenated alkanes) is 1. The molecule has 0 spiro atoms. The quantitative estimate of drug-likeness (QED) is 0.387. The SMILES string of the molecule is CCOC(=O)[C@H](CCCCNC(=O)c1ccc(OC)cc1)NC(=O)c1ccc(OC)cc1. The average molecular weight is 443 g/mol. The number of methoxy groups -OCH3 is 2. The zero-order valence-electron chi connectivity index (χ0n) is 18.7. The van der Waals surface area contributed by atoms with E-state index < -0.39 is 12.0 Å². The van der Waals surface area contributed by atoms with E-state index in [1.807, 2.05) is 0 Å². The molecule has 2 N–H and O–H groups in total. The summed E-state index contributed by atoms with van der Waals surface area (Å²) in [4.78, 5) is 37.0. The van der Waals surface area contributed by atoms with Crippen LogP contribution in [0.15, 0.2) is 48.5 Å². The molecule has 0 bridgehead atoms. The van der Waals surface area contributed by atoms with Crippen molar-refractivity contribution in [3.63, 3.8) is 0 Å². The fourth-order valence-corrected chi connectivity index (χ4v) is 3.00. The summed E-state index contributed by atoms with van der Waals surface area (Å²) in [5.74, 6) is 0.306. The molecule has 0 aliphatic rings. The summed E-state index contributed by atoms with van der Waals surface area (Å²) in [5.41, 5.74) is 0.966. The largest absolute Gasteiger partial charge is 0.497 e. The minimum Gasteiger partial charge on any atom is -0.497 e. The van der Waals surface area contributed by atoms with Gasteiger partial charge in [-0.15, -0.1) is 0 Å². The Bertz CT molecular complexity index is 880. The lowest BCUT2D eigenvalue weighted by atomic mass is 10.1. The lowest BCUT2D eigenvalue weighted by Gasteiger charge is -2.17. The Balaban J connectivity index is 1.82. The van der Waals surface area contributed by atoms with Crippen LogP contribution in [0.4, 0.5) is 0 Å². The topological polar surface area (TPSA) is 103 Å². The minimum absolute atomic E-state index is 0.178. The van der Waals surface area contributed by atoms with E-state index in [4.69, 9.17) is 14.2 Å². The Morgan fingerprint density at radius 3 is 1.84 bits per heavy atom. The van der Waals surface area contributed by atoms with Crippen molar-refractivity contribution in [1.29, 1.82) is 0 Å². The second-order valence-electron chi connectivity index (χ2n) is 6.99. The Morgan fingerprint density at radius 1 is 0.812 bits per heavy atom. The van der Waals surface area contributed by atoms with Gasteiger partial charge in [-0.25, -0.2) is 4.79 Å². The molecule has 8 nitrogen and oxygen atoms in total. The van der Waals surface area contributed by atoms with Gasteiger partial charge in [0.1, 0.15) is 17.5 Å². The number of carbonyl (C=O) groups excluding carboxylic acids is 3. The van der Waals surface area contributed by atoms with Crippen LogP contribution < -0.4 is 20.1 Å². The zero-order valence-corrected chi connectivity index (χ0v) is 18.7. The summed E-state index contributed by atoms with van der Waals surface area (Å²) in [6.07, 6.45) is 1.67. The first kappa shape index (κ1) is 24.7. The van der Waals surface area contributed by atoms with Gasteiger partial charge < -0.3 is 24.8 Å². The fourth-order valence-electron chi connectivity index (χ4n) is 3.00. The van der Waals surface area contributed by atoms with E-state index in [9.17, 15) is 14.4 Å². The average Bonchev–Trinajstić information content (AvgIpc) is 2.83. The van der Waals surface area contributed by atoms with Crippen LogP contribution in [0.3, 0.4) is 0 Å². The van der Waals surface area contributed by atoms with Crippen molar-refractivity contribution in [2.45, 2.75) is 32.2 Å². The highest BCUT2D eigenvalue weighted by Crippen LogP contribution is 2.13. The van der Waals surface area contributed by atoms with Gasteiger partial charge in [-0.05, 0) is 74.7 Å². The van der Waals surface area contributed by atoms with Gasteiger partial charge in [0.2, 0.25) is 0 Å². The maximum atomic E-state index is 12.5. The molecular weight excluding hydrogens is 412 g/mol. The van der Waals surface area contributed by atoms with E-state index in [2.05, 4.69) is 10.6 Å². The molecule has 0 unspecified atom stereocenters. The number of benzene rings is 2. The van der Waals surface area contributed by atoms with Crippen molar-refractivity contribution in [3.8, 4) is 11.5 Å². The van der Waals surface area contributed by atoms with Crippen LogP contribution in [0.5, 0.6) is 11.5 Å². The normalized spacial score (nSPS) is 11.2. The molecule has 2 amide bonds. The zero-order chi connectivity index (χ0) is 23.3. The molecule has 0 radical (unpaired) electrons. The van der Waals surface area contributed by atoms with Crippen molar-refractivity contribution >= 4 is 17.8 Å². The van der Waals surface area contributed by atoms with Crippen molar-refractivity contribution in [1.82, 2.24) is 10.6 Å². The number of nitrogens with one attached hydrogen (secondary N) is 2. The van der Waals surface area contributed by atoms with Gasteiger partial charge in [0.25, 0.3) is 11.8 Å². The Morgan fingerprint density at radius 2 is 1.34 bits per heavy atom. The second kappa shape index (κ2) is 13.0. The molecule has 2 aromatic carbocycles. The fraction of sp³-hybridized carbons (Fsp3) is 0.375. The molecule has 2 rings (SSSR count). The molecule has 0 aliphatic heterocycles. The maximum absolute atomic E-state index is 12.5. The van der Waals surface area contributed by atoms with Crippen molar-refractivity contribution in [3.05, 3.63) is 59.7 Å². The van der Waals surface area contributed by atoms with Crippen LogP contribution >= 0.6 is 0 Å². The first-order chi connectivity index (χ1) is 15.5. The number of amides is 2. The number of rotatable bonds is 12. The highest BCUT2D eigenvalue weighted by atomic mass is 16.5. The van der Waals surface area contributed by atoms with Crippen LogP contribution in [0.2, 0.25) is 0 Å². The van der Waals surface area contributed by atoms with Crippen LogP contribution in [-0.2, 0) is 9.53 Å². The van der Waals surface area contributed by atoms with Crippen LogP contribution in [0, 0.1) is 0 Å². The molecule has 0 aliphatic carbocycles. The Kier molecular flexibility index (Phi) is 10.0. The molecule has 0 aromatic heterocycles. The Hall–Kier alpha value is -3.55. The van der Waals surface area contributed by atoms with E-state index in [1.54, 1.807) is 69.7 Å². The molecule has 8 heteroatoms. The third kappa shape index (κ3) is 7.61. The third-order valence-corrected chi connectivity index (χ3v) is 4.79. The van der Waals surface area contributed by atoms with Gasteiger partial charge >= 0.3 is 5.97 Å². The van der Waals surface area contributed by atoms with Gasteiger partial charge in [-0.2, -0.15) is 0 Å². The van der Waals surface area contributed by atoms with Gasteiger partial charge in [0.15, 0.2) is 0 Å². The first-order valence-corrected chi connectivity index (χ1v) is 10.5. The highest BCUT2D eigenvalue weighted by molar-refractivity contribution is 5.97. The summed E-state index contributed by atoms with van der Waals surface area (Å²) in [5, 5.41) is 5.59. The van der Waals surface area contributed by atoms with E-state index in [1.165, 1.54) is 0 Å². The molecule has 0 saturated heterocycles. The number of ether oxygens (including phenoxy) is 3. The molecule has 0 saturated carbocycles. The highest BCUT2D eigenvalue weighted by Gasteiger charge is 2.22. The molecule has 1 atom stereocenters. The van der Waals surface area contributed by atoms with Gasteiger partial charge in [0, 0.05) is 17.7 Å². The summed E-state index contributed by atoms with van der Waals surface area (Å²) in [6.45, 7) is 2.40. The minimum atomic E-state index is -0.762. The number of hydrogen-bond donors (Lipinski definition) is 2. The number of hydrogen-bond acceptors (Lipinski definition) is 6. The predicted molar refractivity (Wildman–Crippen MR) is 120 cm³/mol. The molecular formula is C24H30N2O6. The first-order valence-electron chi connectivity index (χ1n) is 10.5. The van der Waals surface area contributed by atoms with Crippen LogP contribution in [-0.4, -0.2) is 51.2 Å². The lowest BCUT2D eigenvalue weighted by molar-refractivity contribution is -0.145. The van der Waals surface area contributed by atoms with E-state index in [0.717, 1.165) is 0 Å². The van der Waals surface area contributed by atoms with Gasteiger partial charge in [0.05, 0.1) is 20.8 Å². The van der Waals surface area contributed by atoms with E-state index in [-0.39, 0.29) is 18.4 Å². The second-order valence-corrected chi connectivity index (χ2v) is 6.99. The third-order valence-electron chi connectivity index (χ3n) is 4.79. The van der Waals surface area contributed by atoms with Crippen molar-refractivity contribution in [2.24, 2.45) is 0 Å². The van der Waals surface area contributed by atoms with Gasteiger partial charge in [-0.3, -0.25) is 9.59 Å². The van der Waals surface area contributed by atoms with Crippen LogP contribution in [0.1, 0.15) is 46.9 Å². The van der Waals surface area contributed by atoms with Crippen molar-refractivity contribution in [2.75, 3.05) is 27.4 Å². The molecule has 0 heterocycles. The summed E-state index contributed by atoms with van der Waals surface area (Å²) in [7, 11) is 3.11. The monoisotopic (exact) mass is 442 g/mol. The summed E-state index contributed by atoms with van der Waals surface area (Å²) < 4.78 is 15.3. The smallest absolute Gasteiger partial charge is 0.328 e. The summed E-state index contributed by atoms with van der Waals surface area (Å²) >= 11 is 0. The number of esters is 1. The van der Waals surface area contributed by atoms with Gasteiger partial charge in [-0.1, -0.05) is 0 Å². The molecule has 0 fully saturated rings. The van der Waals surface area contributed by atoms with E-state index in [0.29, 0.717) is 48.4 Å². The molecule has 2 aromatic rings. The maximum Gasteiger partial charge on any atom is 0.328 e. The lowest BCUT2D eigenvalue weighted by Crippen LogP contribution is -2.42. The molecule has 32 heavy (non-hydrogen) atoms. The van der Waals surface area contributed by atoms with Crippen LogP contribution in [0.25, 0.3) is 0 Å². The van der Waals surface area contributed by atoms with E-state index >= 15 is 0 Å². The Labute approximate surface area is 188 Å².